The molecule has 0 N–H and O–H groups in total. The Morgan fingerprint density at radius 2 is 1.94 bits per heavy atom. The van der Waals surface area contributed by atoms with Crippen LogP contribution in [-0.2, 0) is 9.47 Å². The lowest BCUT2D eigenvalue weighted by molar-refractivity contribution is 0.191. The van der Waals surface area contributed by atoms with E-state index in [9.17, 15) is 0 Å². The first-order chi connectivity index (χ1) is 8.81. The summed E-state index contributed by atoms with van der Waals surface area (Å²) in [6, 6.07) is 8.26. The van der Waals surface area contributed by atoms with Gasteiger partial charge in [0.15, 0.2) is 12.5 Å². The number of benzene rings is 1. The summed E-state index contributed by atoms with van der Waals surface area (Å²) in [6.07, 6.45) is 4.72. The Morgan fingerprint density at radius 1 is 1.28 bits per heavy atom. The number of anilines is 2. The molecule has 1 aliphatic rings. The second-order valence-electron chi connectivity index (χ2n) is 4.04. The molecule has 1 aliphatic heterocycles. The fraction of sp³-hybridized carbons (Fsp3) is 0.333. The Kier molecular flexibility index (Phi) is 3.92. The highest BCUT2D eigenvalue weighted by Crippen LogP contribution is 2.46. The Morgan fingerprint density at radius 3 is 2.44 bits per heavy atom. The van der Waals surface area contributed by atoms with E-state index in [1.165, 1.54) is 11.4 Å². The van der Waals surface area contributed by atoms with Crippen molar-refractivity contribution in [2.24, 2.45) is 0 Å². The molecule has 0 saturated carbocycles. The van der Waals surface area contributed by atoms with Gasteiger partial charge < -0.3 is 14.4 Å². The van der Waals surface area contributed by atoms with E-state index in [1.54, 1.807) is 7.11 Å². The van der Waals surface area contributed by atoms with E-state index < -0.39 is 0 Å². The van der Waals surface area contributed by atoms with E-state index in [4.69, 9.17) is 9.47 Å². The minimum atomic E-state index is 0.534. The van der Waals surface area contributed by atoms with Crippen molar-refractivity contribution in [3.8, 4) is 0 Å². The van der Waals surface area contributed by atoms with Crippen LogP contribution in [0.3, 0.4) is 0 Å². The molecule has 1 heterocycles. The molecule has 0 amide bonds. The lowest BCUT2D eigenvalue weighted by atomic mass is 10.3. The predicted molar refractivity (Wildman–Crippen MR) is 73.7 cm³/mol. The number of hydrogen-bond acceptors (Lipinski definition) is 3. The fourth-order valence-corrected chi connectivity index (χ4v) is 1.94. The molecule has 0 aromatic heterocycles. The molecule has 1 aromatic carbocycles. The topological polar surface area (TPSA) is 21.5 Å². The SMILES string of the molecule is C/C=C\C(OCN1c2ccccc21)=C(/CC)OC. The van der Waals surface area contributed by atoms with Crippen LogP contribution in [0.1, 0.15) is 20.3 Å². The molecule has 0 aliphatic carbocycles. The van der Waals surface area contributed by atoms with E-state index in [0.29, 0.717) is 6.73 Å². The van der Waals surface area contributed by atoms with E-state index in [-0.39, 0.29) is 0 Å². The zero-order chi connectivity index (χ0) is 13.0. The number of rotatable bonds is 6. The molecule has 0 atom stereocenters. The van der Waals surface area contributed by atoms with Gasteiger partial charge in [-0.1, -0.05) is 25.1 Å². The normalized spacial score (nSPS) is 14.3. The van der Waals surface area contributed by atoms with Crippen molar-refractivity contribution < 1.29 is 9.47 Å². The van der Waals surface area contributed by atoms with Crippen LogP contribution in [0.25, 0.3) is 0 Å². The Hall–Kier alpha value is -1.90. The molecule has 3 nitrogen and oxygen atoms in total. The number of methoxy groups -OCH3 is 1. The van der Waals surface area contributed by atoms with Gasteiger partial charge in [0, 0.05) is 6.42 Å². The summed E-state index contributed by atoms with van der Waals surface area (Å²) >= 11 is 0. The standard InChI is InChI=1S/C15H19NO2/c1-4-8-15(14(5-2)17-3)18-11-16-12-9-6-7-10-13(12)16/h4,6-10H,5,11H2,1-3H3/b8-4-,15-14-. The highest BCUT2D eigenvalue weighted by atomic mass is 16.5. The second-order valence-corrected chi connectivity index (χ2v) is 4.04. The van der Waals surface area contributed by atoms with Crippen molar-refractivity contribution in [1.82, 2.24) is 0 Å². The third-order valence-corrected chi connectivity index (χ3v) is 2.92. The van der Waals surface area contributed by atoms with Crippen LogP contribution in [0, 0.1) is 0 Å². The first kappa shape index (κ1) is 12.6. The average molecular weight is 245 g/mol. The molecule has 1 aromatic rings. The average Bonchev–Trinajstić information content (AvgIpc) is 3.11. The van der Waals surface area contributed by atoms with Crippen LogP contribution in [0.5, 0.6) is 0 Å². The monoisotopic (exact) mass is 245 g/mol. The maximum atomic E-state index is 5.83. The third kappa shape index (κ3) is 2.50. The van der Waals surface area contributed by atoms with E-state index in [2.05, 4.69) is 24.0 Å². The number of fused-ring (bicyclic) bond motifs is 1. The van der Waals surface area contributed by atoms with Crippen LogP contribution in [0.4, 0.5) is 11.4 Å². The summed E-state index contributed by atoms with van der Waals surface area (Å²) in [6.45, 7) is 4.56. The number of para-hydroxylation sites is 2. The molecule has 0 spiro atoms. The van der Waals surface area contributed by atoms with Gasteiger partial charge in [0.25, 0.3) is 0 Å². The quantitative estimate of drug-likeness (QED) is 0.430. The van der Waals surface area contributed by atoms with Crippen LogP contribution in [-0.4, -0.2) is 13.8 Å². The molecule has 96 valence electrons. The van der Waals surface area contributed by atoms with Crippen LogP contribution < -0.4 is 4.90 Å². The fourth-order valence-electron chi connectivity index (χ4n) is 1.94. The van der Waals surface area contributed by atoms with E-state index in [0.717, 1.165) is 17.9 Å². The first-order valence-corrected chi connectivity index (χ1v) is 6.21. The molecule has 0 saturated heterocycles. The van der Waals surface area contributed by atoms with Gasteiger partial charge in [0.05, 0.1) is 18.5 Å². The molecule has 0 radical (unpaired) electrons. The summed E-state index contributed by atoms with van der Waals surface area (Å²) in [5, 5.41) is 0. The number of hydrogen-bond donors (Lipinski definition) is 0. The van der Waals surface area contributed by atoms with Crippen LogP contribution >= 0.6 is 0 Å². The summed E-state index contributed by atoms with van der Waals surface area (Å²) in [5.74, 6) is 1.68. The van der Waals surface area contributed by atoms with Gasteiger partial charge in [-0.05, 0) is 25.1 Å². The molecule has 3 heteroatoms. The number of allylic oxidation sites excluding steroid dienone is 3. The number of ether oxygens (including phenoxy) is 2. The van der Waals surface area contributed by atoms with Crippen molar-refractivity contribution in [3.63, 3.8) is 0 Å². The van der Waals surface area contributed by atoms with Gasteiger partial charge in [-0.15, -0.1) is 0 Å². The molecule has 0 bridgehead atoms. The second kappa shape index (κ2) is 5.63. The van der Waals surface area contributed by atoms with Crippen molar-refractivity contribution in [1.29, 1.82) is 0 Å². The zero-order valence-corrected chi connectivity index (χ0v) is 11.1. The molecule has 2 rings (SSSR count). The van der Waals surface area contributed by atoms with E-state index >= 15 is 0 Å². The minimum absolute atomic E-state index is 0.534. The summed E-state index contributed by atoms with van der Waals surface area (Å²) in [5.41, 5.74) is 2.49. The first-order valence-electron chi connectivity index (χ1n) is 6.21. The molecular weight excluding hydrogens is 226 g/mol. The summed E-state index contributed by atoms with van der Waals surface area (Å²) in [4.78, 5) is 2.13. The predicted octanol–water partition coefficient (Wildman–Crippen LogP) is 3.96. The van der Waals surface area contributed by atoms with Crippen molar-refractivity contribution in [2.45, 2.75) is 20.3 Å². The maximum absolute atomic E-state index is 5.83. The summed E-state index contributed by atoms with van der Waals surface area (Å²) < 4.78 is 11.2. The van der Waals surface area contributed by atoms with Crippen molar-refractivity contribution >= 4 is 11.4 Å². The highest BCUT2D eigenvalue weighted by molar-refractivity contribution is 5.92. The summed E-state index contributed by atoms with van der Waals surface area (Å²) in [7, 11) is 1.68. The maximum Gasteiger partial charge on any atom is 0.166 e. The lowest BCUT2D eigenvalue weighted by Gasteiger charge is -2.12. The van der Waals surface area contributed by atoms with Crippen molar-refractivity contribution in [3.05, 3.63) is 47.9 Å². The van der Waals surface area contributed by atoms with Gasteiger partial charge in [-0.3, -0.25) is 0 Å². The van der Waals surface area contributed by atoms with Gasteiger partial charge in [0.1, 0.15) is 5.76 Å². The third-order valence-electron chi connectivity index (χ3n) is 2.92. The molecule has 18 heavy (non-hydrogen) atoms. The largest absolute Gasteiger partial charge is 0.497 e. The Bertz CT molecular complexity index is 448. The number of nitrogens with zero attached hydrogens (tertiary/aromatic N) is 1. The Labute approximate surface area is 108 Å². The molecule has 0 fully saturated rings. The highest BCUT2D eigenvalue weighted by Gasteiger charge is 2.28. The van der Waals surface area contributed by atoms with Gasteiger partial charge in [-0.25, -0.2) is 0 Å². The minimum Gasteiger partial charge on any atom is -0.497 e. The molecule has 0 unspecified atom stereocenters. The lowest BCUT2D eigenvalue weighted by Crippen LogP contribution is -2.08. The molecular formula is C15H19NO2. The van der Waals surface area contributed by atoms with E-state index in [1.807, 2.05) is 31.2 Å². The van der Waals surface area contributed by atoms with Crippen LogP contribution in [0.2, 0.25) is 0 Å². The smallest absolute Gasteiger partial charge is 0.166 e. The van der Waals surface area contributed by atoms with Crippen LogP contribution in [0.15, 0.2) is 47.9 Å². The van der Waals surface area contributed by atoms with Gasteiger partial charge in [-0.2, -0.15) is 0 Å². The van der Waals surface area contributed by atoms with Gasteiger partial charge >= 0.3 is 0 Å². The van der Waals surface area contributed by atoms with Crippen molar-refractivity contribution in [2.75, 3.05) is 18.7 Å². The Balaban J connectivity index is 1.98. The zero-order valence-electron chi connectivity index (χ0n) is 11.1. The van der Waals surface area contributed by atoms with Gasteiger partial charge in [0.2, 0.25) is 0 Å².